The summed E-state index contributed by atoms with van der Waals surface area (Å²) < 4.78 is 28.9. The van der Waals surface area contributed by atoms with Crippen LogP contribution in [0.1, 0.15) is 20.8 Å². The van der Waals surface area contributed by atoms with Gasteiger partial charge >= 0.3 is 6.09 Å². The minimum absolute atomic E-state index is 0.129. The zero-order chi connectivity index (χ0) is 16.6. The highest BCUT2D eigenvalue weighted by atomic mass is 19.1. The fraction of sp³-hybridized carbons (Fsp3) is 0.533. The van der Waals surface area contributed by atoms with Crippen molar-refractivity contribution >= 4 is 11.8 Å². The molecule has 0 aliphatic heterocycles. The summed E-state index contributed by atoms with van der Waals surface area (Å²) in [6, 6.07) is 4.22. The number of ether oxygens (including phenoxy) is 3. The second-order valence-electron chi connectivity index (χ2n) is 5.58. The van der Waals surface area contributed by atoms with Gasteiger partial charge in [-0.05, 0) is 32.9 Å². The third kappa shape index (κ3) is 7.68. The Hall–Kier alpha value is -2.02. The first-order chi connectivity index (χ1) is 10.3. The van der Waals surface area contributed by atoms with Crippen LogP contribution in [0, 0.1) is 5.82 Å². The van der Waals surface area contributed by atoms with E-state index in [0.29, 0.717) is 18.8 Å². The Morgan fingerprint density at radius 3 is 2.64 bits per heavy atom. The van der Waals surface area contributed by atoms with E-state index in [9.17, 15) is 9.18 Å². The van der Waals surface area contributed by atoms with Gasteiger partial charge in [-0.25, -0.2) is 9.18 Å². The van der Waals surface area contributed by atoms with Crippen molar-refractivity contribution in [1.82, 2.24) is 5.32 Å². The molecule has 1 amide bonds. The molecule has 0 aromatic heterocycles. The maximum Gasteiger partial charge on any atom is 0.407 e. The number of hydrogen-bond donors (Lipinski definition) is 2. The van der Waals surface area contributed by atoms with Crippen LogP contribution in [0.25, 0.3) is 0 Å². The van der Waals surface area contributed by atoms with E-state index >= 15 is 0 Å². The minimum atomic E-state index is -0.526. The minimum Gasteiger partial charge on any atom is -0.488 e. The SMILES string of the molecule is CC(C)(C)OC(=O)NCCOCCOc1ccc(N)cc1F. The molecule has 0 heterocycles. The van der Waals surface area contributed by atoms with Crippen LogP contribution in [-0.2, 0) is 9.47 Å². The van der Waals surface area contributed by atoms with Crippen LogP contribution in [-0.4, -0.2) is 38.1 Å². The second kappa shape index (κ2) is 8.43. The monoisotopic (exact) mass is 314 g/mol. The highest BCUT2D eigenvalue weighted by Crippen LogP contribution is 2.19. The van der Waals surface area contributed by atoms with Crippen LogP contribution in [0.15, 0.2) is 18.2 Å². The summed E-state index contributed by atoms with van der Waals surface area (Å²) in [4.78, 5) is 11.3. The van der Waals surface area contributed by atoms with Gasteiger partial charge in [-0.2, -0.15) is 0 Å². The molecule has 0 bridgehead atoms. The number of rotatable bonds is 7. The molecular formula is C15H23FN2O4. The van der Waals surface area contributed by atoms with Gasteiger partial charge in [-0.1, -0.05) is 0 Å². The summed E-state index contributed by atoms with van der Waals surface area (Å²) in [6.07, 6.45) is -0.490. The van der Waals surface area contributed by atoms with Crippen molar-refractivity contribution in [2.24, 2.45) is 0 Å². The van der Waals surface area contributed by atoms with Gasteiger partial charge in [0.05, 0.1) is 13.2 Å². The van der Waals surface area contributed by atoms with Gasteiger partial charge in [0, 0.05) is 18.3 Å². The zero-order valence-corrected chi connectivity index (χ0v) is 13.1. The average molecular weight is 314 g/mol. The van der Waals surface area contributed by atoms with E-state index in [1.807, 2.05) is 0 Å². The zero-order valence-electron chi connectivity index (χ0n) is 13.1. The molecule has 0 saturated carbocycles. The number of carbonyl (C=O) groups excluding carboxylic acids is 1. The van der Waals surface area contributed by atoms with Crippen molar-refractivity contribution < 1.29 is 23.4 Å². The number of benzene rings is 1. The van der Waals surface area contributed by atoms with Gasteiger partial charge in [0.1, 0.15) is 12.2 Å². The quantitative estimate of drug-likeness (QED) is 0.596. The number of nitrogen functional groups attached to an aromatic ring is 1. The number of anilines is 1. The Balaban J connectivity index is 2.07. The summed E-state index contributed by atoms with van der Waals surface area (Å²) in [6.45, 7) is 6.48. The van der Waals surface area contributed by atoms with E-state index in [1.54, 1.807) is 26.8 Å². The van der Waals surface area contributed by atoms with Crippen molar-refractivity contribution in [2.45, 2.75) is 26.4 Å². The number of nitrogens with two attached hydrogens (primary N) is 1. The molecule has 1 aromatic rings. The Bertz CT molecular complexity index is 489. The van der Waals surface area contributed by atoms with Gasteiger partial charge in [-0.3, -0.25) is 0 Å². The van der Waals surface area contributed by atoms with E-state index in [4.69, 9.17) is 19.9 Å². The Morgan fingerprint density at radius 1 is 1.27 bits per heavy atom. The first-order valence-corrected chi connectivity index (χ1v) is 7.00. The molecule has 0 fully saturated rings. The lowest BCUT2D eigenvalue weighted by Crippen LogP contribution is -2.34. The van der Waals surface area contributed by atoms with Gasteiger partial charge in [-0.15, -0.1) is 0 Å². The predicted octanol–water partition coefficient (Wildman–Crippen LogP) is 2.33. The van der Waals surface area contributed by atoms with Gasteiger partial charge < -0.3 is 25.3 Å². The summed E-state index contributed by atoms with van der Waals surface area (Å²) in [7, 11) is 0. The topological polar surface area (TPSA) is 82.8 Å². The average Bonchev–Trinajstić information content (AvgIpc) is 2.37. The lowest BCUT2D eigenvalue weighted by Gasteiger charge is -2.19. The fourth-order valence-electron chi connectivity index (χ4n) is 1.49. The molecule has 0 radical (unpaired) electrons. The van der Waals surface area contributed by atoms with Crippen LogP contribution < -0.4 is 15.8 Å². The molecule has 0 saturated heterocycles. The van der Waals surface area contributed by atoms with Crippen LogP contribution >= 0.6 is 0 Å². The molecule has 0 spiro atoms. The largest absolute Gasteiger partial charge is 0.488 e. The van der Waals surface area contributed by atoms with Crippen LogP contribution in [0.2, 0.25) is 0 Å². The highest BCUT2D eigenvalue weighted by molar-refractivity contribution is 5.67. The predicted molar refractivity (Wildman–Crippen MR) is 81.4 cm³/mol. The fourth-order valence-corrected chi connectivity index (χ4v) is 1.49. The third-order valence-electron chi connectivity index (χ3n) is 2.36. The molecule has 1 rings (SSSR count). The van der Waals surface area contributed by atoms with Gasteiger partial charge in [0.2, 0.25) is 0 Å². The van der Waals surface area contributed by atoms with Crippen molar-refractivity contribution in [1.29, 1.82) is 0 Å². The Kier molecular flexibility index (Phi) is 6.91. The first kappa shape index (κ1) is 18.0. The molecule has 3 N–H and O–H groups in total. The first-order valence-electron chi connectivity index (χ1n) is 7.00. The summed E-state index contributed by atoms with van der Waals surface area (Å²) >= 11 is 0. The van der Waals surface area contributed by atoms with E-state index in [-0.39, 0.29) is 19.0 Å². The number of halogens is 1. The van der Waals surface area contributed by atoms with E-state index in [1.165, 1.54) is 12.1 Å². The molecule has 0 aliphatic rings. The van der Waals surface area contributed by atoms with Crippen LogP contribution in [0.4, 0.5) is 14.9 Å². The summed E-state index contributed by atoms with van der Waals surface area (Å²) in [5, 5.41) is 2.56. The highest BCUT2D eigenvalue weighted by Gasteiger charge is 2.15. The number of alkyl carbamates (subject to hydrolysis) is 1. The molecule has 0 unspecified atom stereocenters. The second-order valence-corrected chi connectivity index (χ2v) is 5.58. The van der Waals surface area contributed by atoms with E-state index in [2.05, 4.69) is 5.32 Å². The lowest BCUT2D eigenvalue weighted by molar-refractivity contribution is 0.0488. The van der Waals surface area contributed by atoms with Crippen molar-refractivity contribution in [3.8, 4) is 5.75 Å². The molecule has 0 aliphatic carbocycles. The maximum absolute atomic E-state index is 13.4. The van der Waals surface area contributed by atoms with Crippen molar-refractivity contribution in [2.75, 3.05) is 32.1 Å². The van der Waals surface area contributed by atoms with Crippen molar-refractivity contribution in [3.63, 3.8) is 0 Å². The number of hydrogen-bond acceptors (Lipinski definition) is 5. The number of nitrogens with one attached hydrogen (secondary N) is 1. The molecular weight excluding hydrogens is 291 g/mol. The molecule has 22 heavy (non-hydrogen) atoms. The normalized spacial score (nSPS) is 11.1. The molecule has 124 valence electrons. The maximum atomic E-state index is 13.4. The van der Waals surface area contributed by atoms with Crippen LogP contribution in [0.3, 0.4) is 0 Å². The van der Waals surface area contributed by atoms with Crippen molar-refractivity contribution in [3.05, 3.63) is 24.0 Å². The number of amides is 1. The standard InChI is InChI=1S/C15H23FN2O4/c1-15(2,3)22-14(19)18-6-7-20-8-9-21-13-5-4-11(17)10-12(13)16/h4-5,10H,6-9,17H2,1-3H3,(H,18,19). The smallest absolute Gasteiger partial charge is 0.407 e. The molecule has 6 nitrogen and oxygen atoms in total. The Labute approximate surface area is 129 Å². The van der Waals surface area contributed by atoms with Gasteiger partial charge in [0.15, 0.2) is 11.6 Å². The Morgan fingerprint density at radius 2 is 2.00 bits per heavy atom. The molecule has 1 aromatic carbocycles. The van der Waals surface area contributed by atoms with Crippen LogP contribution in [0.5, 0.6) is 5.75 Å². The summed E-state index contributed by atoms with van der Waals surface area (Å²) in [5.41, 5.74) is 5.25. The van der Waals surface area contributed by atoms with E-state index in [0.717, 1.165) is 0 Å². The number of carbonyl (C=O) groups is 1. The third-order valence-corrected chi connectivity index (χ3v) is 2.36. The molecule has 0 atom stereocenters. The van der Waals surface area contributed by atoms with Gasteiger partial charge in [0.25, 0.3) is 0 Å². The lowest BCUT2D eigenvalue weighted by atomic mass is 10.2. The summed E-state index contributed by atoms with van der Waals surface area (Å²) in [5.74, 6) is -0.378. The van der Waals surface area contributed by atoms with E-state index < -0.39 is 17.5 Å². The molecule has 7 heteroatoms.